The first-order chi connectivity index (χ1) is 17.9. The number of esters is 1. The summed E-state index contributed by atoms with van der Waals surface area (Å²) < 4.78 is 5.65. The summed E-state index contributed by atoms with van der Waals surface area (Å²) in [6.07, 6.45) is 6.24. The van der Waals surface area contributed by atoms with Crippen LogP contribution in [0.25, 0.3) is 0 Å². The largest absolute Gasteiger partial charge is 0.461 e. The van der Waals surface area contributed by atoms with Crippen LogP contribution in [0.5, 0.6) is 0 Å². The molecule has 0 aliphatic carbocycles. The standard InChI is InChI=1S/C30H38N2O5/c1-22-20-31-29(35)25(19-28(34)32-27(21-33)18-24-13-7-3-8-14-24)15-9-4-10-16-26(30(36)37-22)17-23-11-5-2-6-12-23/h2-9,11-14,22,25-27,33H,10,15-21H2,1H3,(H,31,35)(H,32,34)/t22-,25+,26+,27-/m0/s1. The van der Waals surface area contributed by atoms with Gasteiger partial charge in [0.1, 0.15) is 6.10 Å². The molecule has 4 atom stereocenters. The zero-order chi connectivity index (χ0) is 26.5. The third-order valence-corrected chi connectivity index (χ3v) is 6.52. The molecular weight excluding hydrogens is 468 g/mol. The predicted octanol–water partition coefficient (Wildman–Crippen LogP) is 3.36. The fourth-order valence-electron chi connectivity index (χ4n) is 4.46. The molecule has 0 saturated heterocycles. The number of nitrogens with one attached hydrogen (secondary N) is 2. The Morgan fingerprint density at radius 2 is 1.70 bits per heavy atom. The summed E-state index contributed by atoms with van der Waals surface area (Å²) >= 11 is 0. The SMILES string of the molecule is C[C@H]1CNC(=O)[C@@H](CC(=O)N[C@H](CO)Cc2ccccc2)CC=CCC[C@H](Cc2ccccc2)C(=O)O1. The fourth-order valence-corrected chi connectivity index (χ4v) is 4.46. The highest BCUT2D eigenvalue weighted by Crippen LogP contribution is 2.19. The molecule has 2 aromatic carbocycles. The summed E-state index contributed by atoms with van der Waals surface area (Å²) in [5, 5.41) is 15.4. The Balaban J connectivity index is 1.60. The van der Waals surface area contributed by atoms with E-state index in [0.717, 1.165) is 11.1 Å². The molecule has 0 spiro atoms. The van der Waals surface area contributed by atoms with E-state index < -0.39 is 18.1 Å². The molecule has 7 nitrogen and oxygen atoms in total. The van der Waals surface area contributed by atoms with E-state index in [4.69, 9.17) is 4.74 Å². The number of rotatable bonds is 8. The van der Waals surface area contributed by atoms with Crippen molar-refractivity contribution in [2.75, 3.05) is 13.2 Å². The van der Waals surface area contributed by atoms with Crippen LogP contribution in [-0.4, -0.2) is 48.2 Å². The van der Waals surface area contributed by atoms with E-state index >= 15 is 0 Å². The van der Waals surface area contributed by atoms with Gasteiger partial charge >= 0.3 is 5.97 Å². The molecule has 198 valence electrons. The second-order valence-corrected chi connectivity index (χ2v) is 9.70. The summed E-state index contributed by atoms with van der Waals surface area (Å²) in [7, 11) is 0. The minimum absolute atomic E-state index is 0.00621. The van der Waals surface area contributed by atoms with Gasteiger partial charge in [-0.3, -0.25) is 14.4 Å². The van der Waals surface area contributed by atoms with E-state index in [1.165, 1.54) is 0 Å². The van der Waals surface area contributed by atoms with Crippen molar-refractivity contribution in [2.45, 2.75) is 57.6 Å². The molecular formula is C30H38N2O5. The Morgan fingerprint density at radius 3 is 2.38 bits per heavy atom. The minimum atomic E-state index is -0.559. The number of hydrogen-bond acceptors (Lipinski definition) is 5. The topological polar surface area (TPSA) is 105 Å². The Kier molecular flexibility index (Phi) is 11.4. The molecule has 3 N–H and O–H groups in total. The van der Waals surface area contributed by atoms with Gasteiger partial charge in [0.05, 0.1) is 31.0 Å². The number of carbonyl (C=O) groups is 3. The number of ether oxygens (including phenoxy) is 1. The van der Waals surface area contributed by atoms with Gasteiger partial charge < -0.3 is 20.5 Å². The molecule has 0 bridgehead atoms. The van der Waals surface area contributed by atoms with Crippen molar-refractivity contribution in [3.05, 3.63) is 83.9 Å². The van der Waals surface area contributed by atoms with Gasteiger partial charge in [-0.1, -0.05) is 72.8 Å². The van der Waals surface area contributed by atoms with E-state index in [1.807, 2.05) is 72.8 Å². The highest BCUT2D eigenvalue weighted by atomic mass is 16.5. The predicted molar refractivity (Wildman–Crippen MR) is 142 cm³/mol. The summed E-state index contributed by atoms with van der Waals surface area (Å²) in [6.45, 7) is 1.74. The van der Waals surface area contributed by atoms with Gasteiger partial charge in [-0.15, -0.1) is 0 Å². The van der Waals surface area contributed by atoms with Crippen molar-refractivity contribution >= 4 is 17.8 Å². The van der Waals surface area contributed by atoms with Crippen LogP contribution >= 0.6 is 0 Å². The third-order valence-electron chi connectivity index (χ3n) is 6.52. The van der Waals surface area contributed by atoms with Crippen molar-refractivity contribution in [3.63, 3.8) is 0 Å². The maximum absolute atomic E-state index is 12.9. The highest BCUT2D eigenvalue weighted by molar-refractivity contribution is 5.86. The zero-order valence-electron chi connectivity index (χ0n) is 21.5. The lowest BCUT2D eigenvalue weighted by Crippen LogP contribution is -2.42. The molecule has 0 unspecified atom stereocenters. The quantitative estimate of drug-likeness (QED) is 0.376. The molecule has 37 heavy (non-hydrogen) atoms. The molecule has 0 aromatic heterocycles. The lowest BCUT2D eigenvalue weighted by molar-refractivity contribution is -0.153. The Labute approximate surface area is 219 Å². The summed E-state index contributed by atoms with van der Waals surface area (Å²) in [4.78, 5) is 38.5. The van der Waals surface area contributed by atoms with E-state index in [0.29, 0.717) is 32.1 Å². The van der Waals surface area contributed by atoms with Gasteiger partial charge in [-0.25, -0.2) is 0 Å². The van der Waals surface area contributed by atoms with Crippen molar-refractivity contribution in [1.29, 1.82) is 0 Å². The summed E-state index contributed by atoms with van der Waals surface area (Å²) in [5.41, 5.74) is 2.09. The molecule has 2 aromatic rings. The number of aliphatic hydroxyl groups excluding tert-OH is 1. The average Bonchev–Trinajstić information content (AvgIpc) is 2.91. The van der Waals surface area contributed by atoms with E-state index in [1.54, 1.807) is 6.92 Å². The van der Waals surface area contributed by atoms with Crippen LogP contribution in [0.15, 0.2) is 72.8 Å². The zero-order valence-corrected chi connectivity index (χ0v) is 21.5. The van der Waals surface area contributed by atoms with Crippen molar-refractivity contribution in [1.82, 2.24) is 10.6 Å². The first-order valence-electron chi connectivity index (χ1n) is 13.1. The van der Waals surface area contributed by atoms with Gasteiger partial charge in [0.15, 0.2) is 0 Å². The molecule has 1 aliphatic heterocycles. The van der Waals surface area contributed by atoms with Crippen LogP contribution in [0, 0.1) is 11.8 Å². The van der Waals surface area contributed by atoms with Crippen LogP contribution in [0.2, 0.25) is 0 Å². The second-order valence-electron chi connectivity index (χ2n) is 9.70. The number of aliphatic hydroxyl groups is 1. The average molecular weight is 507 g/mol. The number of allylic oxidation sites excluding steroid dienone is 2. The monoisotopic (exact) mass is 506 g/mol. The fraction of sp³-hybridized carbons (Fsp3) is 0.433. The number of hydrogen-bond donors (Lipinski definition) is 3. The molecule has 1 aliphatic rings. The molecule has 0 saturated carbocycles. The Hall–Kier alpha value is -3.45. The maximum atomic E-state index is 12.9. The van der Waals surface area contributed by atoms with Gasteiger partial charge in [-0.05, 0) is 50.2 Å². The second kappa shape index (κ2) is 15.0. The lowest BCUT2D eigenvalue weighted by atomic mass is 9.94. The molecule has 1 heterocycles. The first-order valence-corrected chi connectivity index (χ1v) is 13.1. The molecule has 3 rings (SSSR count). The van der Waals surface area contributed by atoms with Crippen LogP contribution in [0.3, 0.4) is 0 Å². The molecule has 0 radical (unpaired) electrons. The van der Waals surface area contributed by atoms with Gasteiger partial charge in [0.25, 0.3) is 0 Å². The first kappa shape index (κ1) is 28.1. The van der Waals surface area contributed by atoms with Crippen LogP contribution < -0.4 is 10.6 Å². The molecule has 7 heteroatoms. The third kappa shape index (κ3) is 9.84. The summed E-state index contributed by atoms with van der Waals surface area (Å²) in [6, 6.07) is 19.1. The number of carbonyl (C=O) groups excluding carboxylic acids is 3. The highest BCUT2D eigenvalue weighted by Gasteiger charge is 2.26. The van der Waals surface area contributed by atoms with E-state index in [2.05, 4.69) is 10.6 Å². The Morgan fingerprint density at radius 1 is 1.03 bits per heavy atom. The van der Waals surface area contributed by atoms with Crippen LogP contribution in [0.4, 0.5) is 0 Å². The number of benzene rings is 2. The van der Waals surface area contributed by atoms with E-state index in [9.17, 15) is 19.5 Å². The summed E-state index contributed by atoms with van der Waals surface area (Å²) in [5.74, 6) is -1.63. The minimum Gasteiger partial charge on any atom is -0.461 e. The normalized spacial score (nSPS) is 21.9. The number of cyclic esters (lactones) is 1. The van der Waals surface area contributed by atoms with Gasteiger partial charge in [0, 0.05) is 6.42 Å². The van der Waals surface area contributed by atoms with Crippen molar-refractivity contribution in [2.24, 2.45) is 11.8 Å². The van der Waals surface area contributed by atoms with Crippen molar-refractivity contribution < 1.29 is 24.2 Å². The smallest absolute Gasteiger partial charge is 0.309 e. The van der Waals surface area contributed by atoms with Crippen LogP contribution in [0.1, 0.15) is 43.7 Å². The maximum Gasteiger partial charge on any atom is 0.309 e. The van der Waals surface area contributed by atoms with Gasteiger partial charge in [0.2, 0.25) is 11.8 Å². The lowest BCUT2D eigenvalue weighted by Gasteiger charge is -2.21. The van der Waals surface area contributed by atoms with Crippen molar-refractivity contribution in [3.8, 4) is 0 Å². The van der Waals surface area contributed by atoms with E-state index in [-0.39, 0.29) is 43.3 Å². The van der Waals surface area contributed by atoms with Crippen LogP contribution in [-0.2, 0) is 32.0 Å². The molecule has 2 amide bonds. The number of amides is 2. The Bertz CT molecular complexity index is 1020. The molecule has 0 fully saturated rings. The van der Waals surface area contributed by atoms with Gasteiger partial charge in [-0.2, -0.15) is 0 Å².